The zero-order valence-electron chi connectivity index (χ0n) is 20.5. The predicted molar refractivity (Wildman–Crippen MR) is 146 cm³/mol. The van der Waals surface area contributed by atoms with Crippen molar-refractivity contribution >= 4 is 33.1 Å². The summed E-state index contributed by atoms with van der Waals surface area (Å²) in [6, 6.07) is 18.2. The summed E-state index contributed by atoms with van der Waals surface area (Å²) in [7, 11) is 1.65. The van der Waals surface area contributed by atoms with E-state index in [1.165, 1.54) is 16.9 Å². The van der Waals surface area contributed by atoms with Crippen LogP contribution in [0.1, 0.15) is 15.2 Å². The molecule has 186 valence electrons. The average molecular weight is 503 g/mol. The van der Waals surface area contributed by atoms with Gasteiger partial charge in [-0.15, -0.1) is 11.3 Å². The van der Waals surface area contributed by atoms with Crippen molar-refractivity contribution < 1.29 is 14.3 Å². The smallest absolute Gasteiger partial charge is 0.263 e. The van der Waals surface area contributed by atoms with E-state index in [9.17, 15) is 4.79 Å². The van der Waals surface area contributed by atoms with E-state index in [0.717, 1.165) is 71.2 Å². The van der Waals surface area contributed by atoms with E-state index in [1.807, 2.05) is 24.3 Å². The Bertz CT molecular complexity index is 1360. The Kier molecular flexibility index (Phi) is 7.18. The maximum absolute atomic E-state index is 13.1. The van der Waals surface area contributed by atoms with E-state index in [0.29, 0.717) is 17.1 Å². The lowest BCUT2D eigenvalue weighted by atomic mass is 9.98. The zero-order chi connectivity index (χ0) is 25.1. The van der Waals surface area contributed by atoms with Crippen LogP contribution in [0.5, 0.6) is 5.75 Å². The molecule has 1 saturated heterocycles. The van der Waals surface area contributed by atoms with Gasteiger partial charge >= 0.3 is 0 Å². The molecule has 3 N–H and O–H groups in total. The summed E-state index contributed by atoms with van der Waals surface area (Å²) in [5.74, 6) is 0.625. The monoisotopic (exact) mass is 502 g/mol. The molecule has 1 fully saturated rings. The summed E-state index contributed by atoms with van der Waals surface area (Å²) < 4.78 is 10.7. The van der Waals surface area contributed by atoms with Crippen LogP contribution in [-0.2, 0) is 4.74 Å². The summed E-state index contributed by atoms with van der Waals surface area (Å²) in [4.78, 5) is 21.6. The van der Waals surface area contributed by atoms with Gasteiger partial charge < -0.3 is 20.5 Å². The van der Waals surface area contributed by atoms with Gasteiger partial charge in [0.1, 0.15) is 15.5 Å². The molecule has 0 saturated carbocycles. The molecule has 0 bridgehead atoms. The van der Waals surface area contributed by atoms with E-state index >= 15 is 0 Å². The highest BCUT2D eigenvalue weighted by molar-refractivity contribution is 7.21. The molecule has 2 aromatic heterocycles. The largest absolute Gasteiger partial charge is 0.497 e. The molecule has 2 aromatic carbocycles. The number of carbonyl (C=O) groups is 1. The second-order valence-corrected chi connectivity index (χ2v) is 9.88. The van der Waals surface area contributed by atoms with Crippen molar-refractivity contribution in [3.8, 4) is 28.1 Å². The Labute approximate surface area is 214 Å². The van der Waals surface area contributed by atoms with E-state index in [-0.39, 0.29) is 5.91 Å². The summed E-state index contributed by atoms with van der Waals surface area (Å²) >= 11 is 1.34. The van der Waals surface area contributed by atoms with Gasteiger partial charge in [-0.2, -0.15) is 0 Å². The first-order valence-electron chi connectivity index (χ1n) is 12.1. The highest BCUT2D eigenvalue weighted by Gasteiger charge is 2.22. The Morgan fingerprint density at radius 2 is 1.81 bits per heavy atom. The van der Waals surface area contributed by atoms with Crippen molar-refractivity contribution in [2.45, 2.75) is 6.92 Å². The van der Waals surface area contributed by atoms with Crippen molar-refractivity contribution in [1.82, 2.24) is 15.2 Å². The number of nitrogens with zero attached hydrogens (tertiary/aromatic N) is 2. The lowest BCUT2D eigenvalue weighted by Crippen LogP contribution is -2.41. The lowest BCUT2D eigenvalue weighted by molar-refractivity contribution is 0.0383. The molecule has 1 amide bonds. The maximum Gasteiger partial charge on any atom is 0.263 e. The molecule has 0 unspecified atom stereocenters. The molecular weight excluding hydrogens is 472 g/mol. The Hall–Kier alpha value is -3.46. The van der Waals surface area contributed by atoms with Crippen LogP contribution in [0.25, 0.3) is 32.6 Å². The standard InChI is InChI=1S/C28H30N4O3S/c1-18-3-5-19(6-4-18)22-17-23(20-7-9-21(34-2)10-8-20)31-28-24(22)25(29)26(36-28)27(33)30-11-12-32-13-15-35-16-14-32/h3-10,17H,11-16,29H2,1-2H3,(H,30,33). The molecule has 0 radical (unpaired) electrons. The first-order valence-corrected chi connectivity index (χ1v) is 12.9. The normalized spacial score (nSPS) is 14.2. The highest BCUT2D eigenvalue weighted by atomic mass is 32.1. The van der Waals surface area contributed by atoms with Crippen LogP contribution in [-0.4, -0.2) is 62.3 Å². The topological polar surface area (TPSA) is 89.7 Å². The van der Waals surface area contributed by atoms with Crippen LogP contribution in [0.4, 0.5) is 5.69 Å². The number of hydrogen-bond acceptors (Lipinski definition) is 7. The summed E-state index contributed by atoms with van der Waals surface area (Å²) in [6.07, 6.45) is 0. The number of pyridine rings is 1. The number of carbonyl (C=O) groups excluding carboxylic acids is 1. The molecular formula is C28H30N4O3S. The van der Waals surface area contributed by atoms with E-state index in [4.69, 9.17) is 20.2 Å². The number of anilines is 1. The minimum absolute atomic E-state index is 0.162. The third kappa shape index (κ3) is 5.06. The van der Waals surface area contributed by atoms with Crippen LogP contribution < -0.4 is 15.8 Å². The fourth-order valence-electron chi connectivity index (χ4n) is 4.39. The van der Waals surface area contributed by atoms with Crippen LogP contribution >= 0.6 is 11.3 Å². The van der Waals surface area contributed by atoms with Crippen molar-refractivity contribution in [2.75, 3.05) is 52.2 Å². The first kappa shape index (κ1) is 24.2. The molecule has 0 atom stereocenters. The molecule has 0 aliphatic carbocycles. The number of thiophene rings is 1. The van der Waals surface area contributed by atoms with Gasteiger partial charge in [0, 0.05) is 37.1 Å². The third-order valence-electron chi connectivity index (χ3n) is 6.47. The minimum atomic E-state index is -0.162. The second-order valence-electron chi connectivity index (χ2n) is 8.88. The van der Waals surface area contributed by atoms with Gasteiger partial charge in [-0.25, -0.2) is 4.98 Å². The lowest BCUT2D eigenvalue weighted by Gasteiger charge is -2.26. The van der Waals surface area contributed by atoms with Gasteiger partial charge in [-0.1, -0.05) is 29.8 Å². The molecule has 36 heavy (non-hydrogen) atoms. The average Bonchev–Trinajstić information content (AvgIpc) is 3.25. The van der Waals surface area contributed by atoms with E-state index in [2.05, 4.69) is 47.5 Å². The molecule has 7 nitrogen and oxygen atoms in total. The molecule has 5 rings (SSSR count). The van der Waals surface area contributed by atoms with Crippen LogP contribution in [0, 0.1) is 6.92 Å². The number of ether oxygens (including phenoxy) is 2. The van der Waals surface area contributed by atoms with Crippen molar-refractivity contribution in [1.29, 1.82) is 0 Å². The number of aromatic nitrogens is 1. The van der Waals surface area contributed by atoms with Crippen molar-refractivity contribution in [3.63, 3.8) is 0 Å². The number of nitrogens with two attached hydrogens (primary N) is 1. The SMILES string of the molecule is COc1ccc(-c2cc(-c3ccc(C)cc3)c3c(N)c(C(=O)NCCN4CCOCC4)sc3n2)cc1. The number of amides is 1. The minimum Gasteiger partial charge on any atom is -0.497 e. The number of nitrogens with one attached hydrogen (secondary N) is 1. The van der Waals surface area contributed by atoms with Gasteiger partial charge in [0.2, 0.25) is 0 Å². The fourth-order valence-corrected chi connectivity index (χ4v) is 5.43. The second kappa shape index (κ2) is 10.7. The zero-order valence-corrected chi connectivity index (χ0v) is 21.4. The van der Waals surface area contributed by atoms with Gasteiger partial charge in [-0.3, -0.25) is 9.69 Å². The highest BCUT2D eigenvalue weighted by Crippen LogP contribution is 2.41. The Balaban J connectivity index is 1.51. The molecule has 0 spiro atoms. The maximum atomic E-state index is 13.1. The Morgan fingerprint density at radius 3 is 2.50 bits per heavy atom. The number of morpholine rings is 1. The first-order chi connectivity index (χ1) is 17.5. The summed E-state index contributed by atoms with van der Waals surface area (Å²) in [5, 5.41) is 3.86. The third-order valence-corrected chi connectivity index (χ3v) is 7.57. The number of aryl methyl sites for hydroxylation is 1. The van der Waals surface area contributed by atoms with Crippen LogP contribution in [0.15, 0.2) is 54.6 Å². The number of methoxy groups -OCH3 is 1. The number of fused-ring (bicyclic) bond motifs is 1. The van der Waals surface area contributed by atoms with Crippen LogP contribution in [0.3, 0.4) is 0 Å². The number of hydrogen-bond donors (Lipinski definition) is 2. The predicted octanol–water partition coefficient (Wildman–Crippen LogP) is 4.59. The molecule has 1 aliphatic rings. The molecule has 1 aliphatic heterocycles. The quantitative estimate of drug-likeness (QED) is 0.384. The molecule has 8 heteroatoms. The molecule has 4 aromatic rings. The van der Waals surface area contributed by atoms with Gasteiger partial charge in [-0.05, 0) is 48.4 Å². The van der Waals surface area contributed by atoms with Gasteiger partial charge in [0.25, 0.3) is 5.91 Å². The van der Waals surface area contributed by atoms with Crippen molar-refractivity contribution in [2.24, 2.45) is 0 Å². The van der Waals surface area contributed by atoms with Gasteiger partial charge in [0.05, 0.1) is 31.7 Å². The number of rotatable bonds is 7. The summed E-state index contributed by atoms with van der Waals surface area (Å²) in [6.45, 7) is 6.66. The Morgan fingerprint density at radius 1 is 1.11 bits per heavy atom. The van der Waals surface area contributed by atoms with E-state index in [1.54, 1.807) is 7.11 Å². The van der Waals surface area contributed by atoms with Crippen LogP contribution in [0.2, 0.25) is 0 Å². The molecule has 3 heterocycles. The number of benzene rings is 2. The van der Waals surface area contributed by atoms with Gasteiger partial charge in [0.15, 0.2) is 0 Å². The summed E-state index contributed by atoms with van der Waals surface area (Å²) in [5.41, 5.74) is 12.1. The number of nitrogen functional groups attached to an aromatic ring is 1. The van der Waals surface area contributed by atoms with Crippen molar-refractivity contribution in [3.05, 3.63) is 65.0 Å². The van der Waals surface area contributed by atoms with E-state index < -0.39 is 0 Å². The fraction of sp³-hybridized carbons (Fsp3) is 0.286.